The molecule has 20 heavy (non-hydrogen) atoms. The van der Waals surface area contributed by atoms with Crippen molar-refractivity contribution < 1.29 is 4.57 Å². The van der Waals surface area contributed by atoms with Gasteiger partial charge in [0.15, 0.2) is 0 Å². The summed E-state index contributed by atoms with van der Waals surface area (Å²) in [6, 6.07) is 9.99. The molecule has 0 aliphatic heterocycles. The average molecular weight is 306 g/mol. The van der Waals surface area contributed by atoms with Crippen molar-refractivity contribution in [2.75, 3.05) is 0 Å². The van der Waals surface area contributed by atoms with Crippen LogP contribution in [0, 0.1) is 13.8 Å². The summed E-state index contributed by atoms with van der Waals surface area (Å²) in [4.78, 5) is 0. The van der Waals surface area contributed by atoms with Crippen molar-refractivity contribution in [2.45, 2.75) is 20.4 Å². The summed E-state index contributed by atoms with van der Waals surface area (Å²) >= 11 is 12.2. The molecule has 0 N–H and O–H groups in total. The molecule has 0 saturated heterocycles. The van der Waals surface area contributed by atoms with Crippen LogP contribution >= 0.6 is 23.2 Å². The van der Waals surface area contributed by atoms with Crippen molar-refractivity contribution in [3.05, 3.63) is 69.6 Å². The third-order valence-corrected chi connectivity index (χ3v) is 4.05. The Kier molecular flexibility index (Phi) is 3.45. The Morgan fingerprint density at radius 1 is 1.10 bits per heavy atom. The number of aryl methyl sites for hydroxylation is 2. The number of aromatic nitrogens is 2. The van der Waals surface area contributed by atoms with Crippen LogP contribution in [0.5, 0.6) is 0 Å². The van der Waals surface area contributed by atoms with E-state index in [2.05, 4.69) is 47.3 Å². The van der Waals surface area contributed by atoms with Gasteiger partial charge in [0.1, 0.15) is 24.6 Å². The molecule has 2 nitrogen and oxygen atoms in total. The number of halogens is 2. The van der Waals surface area contributed by atoms with E-state index in [0.717, 1.165) is 17.8 Å². The van der Waals surface area contributed by atoms with Gasteiger partial charge in [0.2, 0.25) is 0 Å². The van der Waals surface area contributed by atoms with E-state index < -0.39 is 0 Å². The zero-order valence-corrected chi connectivity index (χ0v) is 12.9. The summed E-state index contributed by atoms with van der Waals surface area (Å²) < 4.78 is 4.37. The van der Waals surface area contributed by atoms with Gasteiger partial charge in [-0.25, -0.2) is 8.97 Å². The number of pyridine rings is 1. The maximum atomic E-state index is 6.26. The molecule has 1 aromatic carbocycles. The normalized spacial score (nSPS) is 11.2. The van der Waals surface area contributed by atoms with Crippen molar-refractivity contribution in [1.82, 2.24) is 4.40 Å². The molecule has 0 aliphatic carbocycles. The highest BCUT2D eigenvalue weighted by molar-refractivity contribution is 6.35. The molecule has 0 spiro atoms. The van der Waals surface area contributed by atoms with Crippen LogP contribution in [0.25, 0.3) is 5.65 Å². The molecule has 0 saturated carbocycles. The lowest BCUT2D eigenvalue weighted by Crippen LogP contribution is -2.33. The largest absolute Gasteiger partial charge is 0.286 e. The lowest BCUT2D eigenvalue weighted by molar-refractivity contribution is -0.661. The van der Waals surface area contributed by atoms with E-state index in [9.17, 15) is 0 Å². The van der Waals surface area contributed by atoms with Crippen molar-refractivity contribution in [3.8, 4) is 0 Å². The average Bonchev–Trinajstić information content (AvgIpc) is 2.76. The summed E-state index contributed by atoms with van der Waals surface area (Å²) in [6.07, 6.45) is 4.15. The van der Waals surface area contributed by atoms with Gasteiger partial charge in [0.25, 0.3) is 5.65 Å². The minimum atomic E-state index is 0.664. The molecular formula is C16H15Cl2N2+. The van der Waals surface area contributed by atoms with Crippen molar-refractivity contribution in [1.29, 1.82) is 0 Å². The first-order chi connectivity index (χ1) is 9.54. The second kappa shape index (κ2) is 5.12. The summed E-state index contributed by atoms with van der Waals surface area (Å²) in [5.74, 6) is 0. The number of rotatable bonds is 2. The number of imidazole rings is 1. The predicted molar refractivity (Wildman–Crippen MR) is 82.6 cm³/mol. The van der Waals surface area contributed by atoms with Crippen LogP contribution in [-0.4, -0.2) is 4.40 Å². The molecule has 4 heteroatoms. The monoisotopic (exact) mass is 305 g/mol. The van der Waals surface area contributed by atoms with E-state index in [1.54, 1.807) is 6.07 Å². The van der Waals surface area contributed by atoms with Gasteiger partial charge in [-0.2, -0.15) is 0 Å². The van der Waals surface area contributed by atoms with E-state index in [1.807, 2.05) is 12.1 Å². The van der Waals surface area contributed by atoms with Gasteiger partial charge in [-0.05, 0) is 37.6 Å². The van der Waals surface area contributed by atoms with Gasteiger partial charge in [0.05, 0.1) is 0 Å². The minimum absolute atomic E-state index is 0.664. The Balaban J connectivity index is 2.07. The highest BCUT2D eigenvalue weighted by Crippen LogP contribution is 2.21. The molecule has 0 bridgehead atoms. The number of hydrogen-bond donors (Lipinski definition) is 0. The fourth-order valence-corrected chi connectivity index (χ4v) is 2.97. The molecule has 0 amide bonds. The van der Waals surface area contributed by atoms with E-state index in [4.69, 9.17) is 23.2 Å². The van der Waals surface area contributed by atoms with Gasteiger partial charge in [0, 0.05) is 21.7 Å². The summed E-state index contributed by atoms with van der Waals surface area (Å²) in [7, 11) is 0. The van der Waals surface area contributed by atoms with Gasteiger partial charge < -0.3 is 0 Å². The van der Waals surface area contributed by atoms with Gasteiger partial charge in [-0.3, -0.25) is 0 Å². The van der Waals surface area contributed by atoms with Crippen molar-refractivity contribution in [3.63, 3.8) is 0 Å². The first kappa shape index (κ1) is 13.5. The van der Waals surface area contributed by atoms with Gasteiger partial charge in [-0.15, -0.1) is 0 Å². The third-order valence-electron chi connectivity index (χ3n) is 3.47. The molecule has 0 aliphatic rings. The number of hydrogen-bond acceptors (Lipinski definition) is 0. The second-order valence-corrected chi connectivity index (χ2v) is 5.91. The van der Waals surface area contributed by atoms with Crippen LogP contribution in [-0.2, 0) is 6.54 Å². The van der Waals surface area contributed by atoms with Crippen molar-refractivity contribution in [2.24, 2.45) is 0 Å². The summed E-state index contributed by atoms with van der Waals surface area (Å²) in [5, 5.41) is 1.37. The molecule has 3 rings (SSSR count). The Morgan fingerprint density at radius 3 is 2.65 bits per heavy atom. The standard InChI is InChI=1S/C16H15Cl2N2/c1-11-7-12(2)20-6-5-19(16(20)8-11)10-13-3-4-14(17)9-15(13)18/h3-9H,10H2,1-2H3/q+1. The van der Waals surface area contributed by atoms with Crippen LogP contribution in [0.3, 0.4) is 0 Å². The first-order valence-corrected chi connectivity index (χ1v) is 7.22. The van der Waals surface area contributed by atoms with Crippen LogP contribution in [0.15, 0.2) is 42.7 Å². The Morgan fingerprint density at radius 2 is 1.90 bits per heavy atom. The SMILES string of the molecule is Cc1cc(C)n2cc[n+](Cc3ccc(Cl)cc3Cl)c2c1. The maximum Gasteiger partial charge on any atom is 0.286 e. The maximum absolute atomic E-state index is 6.26. The first-order valence-electron chi connectivity index (χ1n) is 6.46. The zero-order chi connectivity index (χ0) is 14.3. The highest BCUT2D eigenvalue weighted by atomic mass is 35.5. The van der Waals surface area contributed by atoms with E-state index in [0.29, 0.717) is 10.0 Å². The van der Waals surface area contributed by atoms with Crippen LogP contribution in [0.4, 0.5) is 0 Å². The fourth-order valence-electron chi connectivity index (χ4n) is 2.50. The molecule has 0 radical (unpaired) electrons. The molecule has 102 valence electrons. The predicted octanol–water partition coefficient (Wildman–Crippen LogP) is 4.20. The number of benzene rings is 1. The molecule has 0 unspecified atom stereocenters. The highest BCUT2D eigenvalue weighted by Gasteiger charge is 2.14. The third kappa shape index (κ3) is 2.41. The van der Waals surface area contributed by atoms with E-state index >= 15 is 0 Å². The van der Waals surface area contributed by atoms with Crippen LogP contribution in [0.1, 0.15) is 16.8 Å². The fraction of sp³-hybridized carbons (Fsp3) is 0.188. The van der Waals surface area contributed by atoms with Crippen LogP contribution < -0.4 is 4.57 Å². The lowest BCUT2D eigenvalue weighted by Gasteiger charge is -2.03. The molecule has 2 heterocycles. The van der Waals surface area contributed by atoms with Crippen molar-refractivity contribution >= 4 is 28.8 Å². The van der Waals surface area contributed by atoms with Crippen LogP contribution in [0.2, 0.25) is 10.0 Å². The zero-order valence-electron chi connectivity index (χ0n) is 11.4. The number of fused-ring (bicyclic) bond motifs is 1. The Labute approximate surface area is 128 Å². The van der Waals surface area contributed by atoms with Gasteiger partial charge >= 0.3 is 0 Å². The topological polar surface area (TPSA) is 8.29 Å². The number of nitrogens with zero attached hydrogens (tertiary/aromatic N) is 2. The molecule has 2 aromatic heterocycles. The summed E-state index contributed by atoms with van der Waals surface area (Å²) in [5.41, 5.74) is 4.70. The minimum Gasteiger partial charge on any atom is -0.226 e. The Bertz CT molecular complexity index is 791. The van der Waals surface area contributed by atoms with Gasteiger partial charge in [-0.1, -0.05) is 29.3 Å². The molecule has 0 atom stereocenters. The molecular weight excluding hydrogens is 291 g/mol. The Hall–Kier alpha value is -1.51. The quantitative estimate of drug-likeness (QED) is 0.627. The van der Waals surface area contributed by atoms with E-state index in [-0.39, 0.29) is 0 Å². The van der Waals surface area contributed by atoms with E-state index in [1.165, 1.54) is 11.3 Å². The smallest absolute Gasteiger partial charge is 0.226 e. The molecule has 3 aromatic rings. The second-order valence-electron chi connectivity index (χ2n) is 5.06. The summed E-state index contributed by atoms with van der Waals surface area (Å²) in [6.45, 7) is 4.95. The molecule has 0 fully saturated rings. The lowest BCUT2D eigenvalue weighted by atomic mass is 10.2.